The summed E-state index contributed by atoms with van der Waals surface area (Å²) in [5.41, 5.74) is 3.51. The molecule has 1 aliphatic heterocycles. The molecular formula is C22H25N3O4. The average Bonchev–Trinajstić information content (AvgIpc) is 3.00. The molecule has 1 N–H and O–H groups in total. The number of benzene rings is 2. The van der Waals surface area contributed by atoms with Crippen molar-refractivity contribution in [3.8, 4) is 0 Å². The first-order valence-corrected chi connectivity index (χ1v) is 9.80. The molecule has 1 fully saturated rings. The quantitative estimate of drug-likeness (QED) is 0.717. The number of morpholine rings is 1. The Morgan fingerprint density at radius 1 is 1.21 bits per heavy atom. The number of aromatic nitrogens is 1. The van der Waals surface area contributed by atoms with Gasteiger partial charge in [-0.15, -0.1) is 0 Å². The number of hydrogen-bond donors (Lipinski definition) is 1. The molecule has 1 aliphatic rings. The fourth-order valence-electron chi connectivity index (χ4n) is 3.74. The van der Waals surface area contributed by atoms with Crippen LogP contribution in [0.25, 0.3) is 11.1 Å². The van der Waals surface area contributed by atoms with Crippen LogP contribution in [0.5, 0.6) is 0 Å². The molecule has 1 saturated heterocycles. The molecule has 1 aromatic heterocycles. The lowest BCUT2D eigenvalue weighted by Gasteiger charge is -2.31. The molecule has 152 valence electrons. The van der Waals surface area contributed by atoms with Gasteiger partial charge >= 0.3 is 5.76 Å². The number of ether oxygens (including phenoxy) is 1. The van der Waals surface area contributed by atoms with E-state index in [9.17, 15) is 9.59 Å². The van der Waals surface area contributed by atoms with E-state index in [0.29, 0.717) is 23.2 Å². The zero-order chi connectivity index (χ0) is 20.4. The maximum atomic E-state index is 12.7. The van der Waals surface area contributed by atoms with Crippen LogP contribution in [0, 0.1) is 0 Å². The average molecular weight is 395 g/mol. The number of rotatable bonds is 5. The molecule has 1 atom stereocenters. The topological polar surface area (TPSA) is 76.7 Å². The van der Waals surface area contributed by atoms with Crippen molar-refractivity contribution in [3.05, 3.63) is 69.7 Å². The van der Waals surface area contributed by atoms with Gasteiger partial charge in [-0.3, -0.25) is 14.3 Å². The molecule has 29 heavy (non-hydrogen) atoms. The van der Waals surface area contributed by atoms with Gasteiger partial charge in [0.05, 0.1) is 23.8 Å². The molecule has 0 saturated carbocycles. The monoisotopic (exact) mass is 395 g/mol. The Hall–Kier alpha value is -2.90. The zero-order valence-electron chi connectivity index (χ0n) is 16.7. The fourth-order valence-corrected chi connectivity index (χ4v) is 3.74. The van der Waals surface area contributed by atoms with Crippen molar-refractivity contribution in [2.24, 2.45) is 7.05 Å². The summed E-state index contributed by atoms with van der Waals surface area (Å²) in [7, 11) is 1.62. The predicted molar refractivity (Wildman–Crippen MR) is 110 cm³/mol. The minimum atomic E-state index is -0.481. The van der Waals surface area contributed by atoms with Gasteiger partial charge in [-0.05, 0) is 30.2 Å². The summed E-state index contributed by atoms with van der Waals surface area (Å²) in [5, 5.41) is 2.93. The summed E-state index contributed by atoms with van der Waals surface area (Å²) in [6.45, 7) is 5.97. The van der Waals surface area contributed by atoms with Crippen LogP contribution in [0.2, 0.25) is 0 Å². The third-order valence-electron chi connectivity index (χ3n) is 5.24. The van der Waals surface area contributed by atoms with E-state index in [1.807, 2.05) is 12.1 Å². The second kappa shape index (κ2) is 8.23. The number of nitrogens with zero attached hydrogens (tertiary/aromatic N) is 2. The Kier molecular flexibility index (Phi) is 5.51. The van der Waals surface area contributed by atoms with Gasteiger partial charge in [-0.1, -0.05) is 30.3 Å². The molecule has 2 aromatic carbocycles. The maximum absolute atomic E-state index is 12.7. The van der Waals surface area contributed by atoms with Gasteiger partial charge in [0.15, 0.2) is 5.58 Å². The summed E-state index contributed by atoms with van der Waals surface area (Å²) < 4.78 is 12.2. The van der Waals surface area contributed by atoms with Crippen LogP contribution in [-0.4, -0.2) is 41.2 Å². The van der Waals surface area contributed by atoms with Crippen molar-refractivity contribution in [2.75, 3.05) is 19.7 Å². The van der Waals surface area contributed by atoms with Crippen molar-refractivity contribution < 1.29 is 13.9 Å². The van der Waals surface area contributed by atoms with Gasteiger partial charge in [0.2, 0.25) is 0 Å². The normalized spacial score (nSPS) is 17.5. The van der Waals surface area contributed by atoms with E-state index >= 15 is 0 Å². The van der Waals surface area contributed by atoms with Crippen LogP contribution in [-0.2, 0) is 24.9 Å². The highest BCUT2D eigenvalue weighted by Gasteiger charge is 2.17. The molecule has 0 spiro atoms. The largest absolute Gasteiger partial charge is 0.419 e. The second-order valence-corrected chi connectivity index (χ2v) is 7.50. The molecule has 7 heteroatoms. The van der Waals surface area contributed by atoms with E-state index in [0.717, 1.165) is 31.8 Å². The number of carbonyl (C=O) groups is 1. The van der Waals surface area contributed by atoms with Crippen LogP contribution in [0.1, 0.15) is 28.4 Å². The van der Waals surface area contributed by atoms with Crippen molar-refractivity contribution in [1.29, 1.82) is 0 Å². The van der Waals surface area contributed by atoms with Gasteiger partial charge in [-0.2, -0.15) is 0 Å². The zero-order valence-corrected chi connectivity index (χ0v) is 16.7. The summed E-state index contributed by atoms with van der Waals surface area (Å²) >= 11 is 0. The Labute approximate surface area is 168 Å². The Bertz CT molecular complexity index is 1090. The van der Waals surface area contributed by atoms with Gasteiger partial charge in [0.1, 0.15) is 0 Å². The number of hydrogen-bond acceptors (Lipinski definition) is 5. The van der Waals surface area contributed by atoms with Crippen molar-refractivity contribution in [1.82, 2.24) is 14.8 Å². The van der Waals surface area contributed by atoms with Crippen molar-refractivity contribution in [3.63, 3.8) is 0 Å². The molecule has 4 rings (SSSR count). The third-order valence-corrected chi connectivity index (χ3v) is 5.24. The van der Waals surface area contributed by atoms with E-state index in [1.165, 1.54) is 10.1 Å². The Morgan fingerprint density at radius 2 is 2.00 bits per heavy atom. The molecule has 1 unspecified atom stereocenters. The van der Waals surface area contributed by atoms with Gasteiger partial charge in [0.25, 0.3) is 5.91 Å². The molecule has 0 bridgehead atoms. The number of aryl methyl sites for hydroxylation is 1. The van der Waals surface area contributed by atoms with E-state index < -0.39 is 5.76 Å². The highest BCUT2D eigenvalue weighted by molar-refractivity contribution is 6.04. The first kappa shape index (κ1) is 19.4. The van der Waals surface area contributed by atoms with Crippen LogP contribution in [0.4, 0.5) is 0 Å². The number of oxazole rings is 1. The molecular weight excluding hydrogens is 370 g/mol. The van der Waals surface area contributed by atoms with Gasteiger partial charge < -0.3 is 14.5 Å². The van der Waals surface area contributed by atoms with Gasteiger partial charge in [0, 0.05) is 33.2 Å². The van der Waals surface area contributed by atoms with Crippen LogP contribution in [0.15, 0.2) is 51.7 Å². The highest BCUT2D eigenvalue weighted by Crippen LogP contribution is 2.17. The van der Waals surface area contributed by atoms with Crippen molar-refractivity contribution >= 4 is 17.0 Å². The standard InChI is InChI=1S/C22H25N3O4/c1-15-13-25(9-10-28-15)14-17-6-3-5-16(11-17)12-23-21(26)18-7-4-8-19-20(18)29-22(27)24(19)2/h3-8,11,15H,9-10,12-14H2,1-2H3,(H,23,26). The van der Waals surface area contributed by atoms with E-state index in [-0.39, 0.29) is 12.0 Å². The van der Waals surface area contributed by atoms with Crippen molar-refractivity contribution in [2.45, 2.75) is 26.1 Å². The minimum Gasteiger partial charge on any atom is -0.407 e. The number of fused-ring (bicyclic) bond motifs is 1. The minimum absolute atomic E-state index is 0.256. The van der Waals surface area contributed by atoms with E-state index in [4.69, 9.17) is 9.15 Å². The molecule has 0 aliphatic carbocycles. The molecule has 7 nitrogen and oxygen atoms in total. The van der Waals surface area contributed by atoms with Crippen LogP contribution in [0.3, 0.4) is 0 Å². The second-order valence-electron chi connectivity index (χ2n) is 7.50. The third kappa shape index (κ3) is 4.26. The summed E-state index contributed by atoms with van der Waals surface area (Å²) in [4.78, 5) is 26.8. The molecule has 0 radical (unpaired) electrons. The molecule has 3 aromatic rings. The summed E-state index contributed by atoms with van der Waals surface area (Å²) in [5.74, 6) is -0.747. The number of nitrogens with one attached hydrogen (secondary N) is 1. The van der Waals surface area contributed by atoms with Crippen LogP contribution < -0.4 is 11.1 Å². The molecule has 2 heterocycles. The van der Waals surface area contributed by atoms with Gasteiger partial charge in [-0.25, -0.2) is 4.79 Å². The fraction of sp³-hybridized carbons (Fsp3) is 0.364. The lowest BCUT2D eigenvalue weighted by Crippen LogP contribution is -2.40. The Morgan fingerprint density at radius 3 is 2.83 bits per heavy atom. The van der Waals surface area contributed by atoms with E-state index in [2.05, 4.69) is 29.3 Å². The van der Waals surface area contributed by atoms with E-state index in [1.54, 1.807) is 25.2 Å². The summed E-state index contributed by atoms with van der Waals surface area (Å²) in [6.07, 6.45) is 0.256. The molecule has 1 amide bonds. The lowest BCUT2D eigenvalue weighted by atomic mass is 10.1. The predicted octanol–water partition coefficient (Wildman–Crippen LogP) is 2.28. The first-order chi connectivity index (χ1) is 14.0. The number of carbonyl (C=O) groups excluding carboxylic acids is 1. The maximum Gasteiger partial charge on any atom is 0.419 e. The van der Waals surface area contributed by atoms with Crippen LogP contribution >= 0.6 is 0 Å². The SMILES string of the molecule is CC1CN(Cc2cccc(CNC(=O)c3cccc4c3oc(=O)n4C)c2)CCO1. The smallest absolute Gasteiger partial charge is 0.407 e. The summed E-state index contributed by atoms with van der Waals surface area (Å²) in [6, 6.07) is 13.4. The first-order valence-electron chi connectivity index (χ1n) is 9.80. The Balaban J connectivity index is 1.43. The lowest BCUT2D eigenvalue weighted by molar-refractivity contribution is -0.0212. The highest BCUT2D eigenvalue weighted by atomic mass is 16.5. The number of amides is 1. The number of para-hydroxylation sites is 1.